The molecule has 0 aliphatic carbocycles. The molecule has 26 heavy (non-hydrogen) atoms. The Kier molecular flexibility index (Phi) is 6.74. The Bertz CT molecular complexity index is 852. The van der Waals surface area contributed by atoms with E-state index in [0.717, 1.165) is 16.7 Å². The zero-order chi connectivity index (χ0) is 19.2. The summed E-state index contributed by atoms with van der Waals surface area (Å²) < 4.78 is 25.8. The van der Waals surface area contributed by atoms with Crippen LogP contribution in [0.1, 0.15) is 29.5 Å². The van der Waals surface area contributed by atoms with Crippen molar-refractivity contribution in [2.45, 2.75) is 33.2 Å². The number of aromatic nitrogens is 1. The summed E-state index contributed by atoms with van der Waals surface area (Å²) in [5.41, 5.74) is 3.53. The van der Waals surface area contributed by atoms with E-state index in [1.807, 2.05) is 44.2 Å². The van der Waals surface area contributed by atoms with Gasteiger partial charge in [0.05, 0.1) is 11.9 Å². The Morgan fingerprint density at radius 1 is 1.15 bits per heavy atom. The number of benzene rings is 1. The average Bonchev–Trinajstić information content (AvgIpc) is 2.59. The van der Waals surface area contributed by atoms with Crippen molar-refractivity contribution in [3.63, 3.8) is 0 Å². The second-order valence-electron chi connectivity index (χ2n) is 6.36. The summed E-state index contributed by atoms with van der Waals surface area (Å²) in [6, 6.07) is 9.40. The molecule has 1 amide bonds. The molecule has 2 aromatic rings. The van der Waals surface area contributed by atoms with Crippen molar-refractivity contribution in [2.24, 2.45) is 0 Å². The number of anilines is 1. The SMILES string of the molecule is Cc1ccc(C)c(N(CCCC(=O)NCc2ccncc2)S(C)(=O)=O)c1. The number of carbonyl (C=O) groups is 1. The van der Waals surface area contributed by atoms with Crippen molar-refractivity contribution in [1.82, 2.24) is 10.3 Å². The molecule has 1 N–H and O–H groups in total. The number of amides is 1. The highest BCUT2D eigenvalue weighted by molar-refractivity contribution is 7.92. The Labute approximate surface area is 155 Å². The van der Waals surface area contributed by atoms with Gasteiger partial charge in [0, 0.05) is 31.9 Å². The van der Waals surface area contributed by atoms with Crippen LogP contribution in [0.4, 0.5) is 5.69 Å². The van der Waals surface area contributed by atoms with Crippen LogP contribution in [0.5, 0.6) is 0 Å². The fourth-order valence-electron chi connectivity index (χ4n) is 2.63. The number of hydrogen-bond acceptors (Lipinski definition) is 4. The topological polar surface area (TPSA) is 79.4 Å². The van der Waals surface area contributed by atoms with Gasteiger partial charge in [-0.2, -0.15) is 0 Å². The highest BCUT2D eigenvalue weighted by Gasteiger charge is 2.19. The number of nitrogens with one attached hydrogen (secondary N) is 1. The first kappa shape index (κ1) is 19.9. The molecule has 0 saturated heterocycles. The van der Waals surface area contributed by atoms with Crippen molar-refractivity contribution in [3.05, 3.63) is 59.4 Å². The fraction of sp³-hybridized carbons (Fsp3) is 0.368. The lowest BCUT2D eigenvalue weighted by Crippen LogP contribution is -2.32. The van der Waals surface area contributed by atoms with Crippen molar-refractivity contribution in [1.29, 1.82) is 0 Å². The zero-order valence-electron chi connectivity index (χ0n) is 15.4. The number of sulfonamides is 1. The van der Waals surface area contributed by atoms with E-state index < -0.39 is 10.0 Å². The van der Waals surface area contributed by atoms with Crippen LogP contribution in [0, 0.1) is 13.8 Å². The Hall–Kier alpha value is -2.41. The molecule has 6 nitrogen and oxygen atoms in total. The molecule has 0 saturated carbocycles. The molecule has 0 fully saturated rings. The van der Waals surface area contributed by atoms with Gasteiger partial charge in [0.1, 0.15) is 0 Å². The van der Waals surface area contributed by atoms with Gasteiger partial charge >= 0.3 is 0 Å². The summed E-state index contributed by atoms with van der Waals surface area (Å²) >= 11 is 0. The lowest BCUT2D eigenvalue weighted by atomic mass is 10.1. The van der Waals surface area contributed by atoms with Crippen LogP contribution in [0.25, 0.3) is 0 Å². The van der Waals surface area contributed by atoms with Crippen LogP contribution in [0.3, 0.4) is 0 Å². The summed E-state index contributed by atoms with van der Waals surface area (Å²) in [4.78, 5) is 15.9. The normalized spacial score (nSPS) is 11.2. The Balaban J connectivity index is 1.94. The number of carbonyl (C=O) groups excluding carboxylic acids is 1. The van der Waals surface area contributed by atoms with Crippen molar-refractivity contribution < 1.29 is 13.2 Å². The van der Waals surface area contributed by atoms with Crippen molar-refractivity contribution in [2.75, 3.05) is 17.1 Å². The van der Waals surface area contributed by atoms with Gasteiger partial charge < -0.3 is 5.32 Å². The molecule has 1 aromatic carbocycles. The van der Waals surface area contributed by atoms with Crippen molar-refractivity contribution >= 4 is 21.6 Å². The van der Waals surface area contributed by atoms with E-state index in [2.05, 4.69) is 10.3 Å². The molecule has 0 aliphatic heterocycles. The first-order chi connectivity index (χ1) is 12.3. The van der Waals surface area contributed by atoms with Crippen molar-refractivity contribution in [3.8, 4) is 0 Å². The number of rotatable bonds is 8. The van der Waals surface area contributed by atoms with Gasteiger partial charge in [0.15, 0.2) is 0 Å². The number of aryl methyl sites for hydroxylation is 2. The first-order valence-corrected chi connectivity index (χ1v) is 10.3. The highest BCUT2D eigenvalue weighted by atomic mass is 32.2. The molecule has 140 valence electrons. The Morgan fingerprint density at radius 3 is 2.50 bits per heavy atom. The van der Waals surface area contributed by atoms with Crippen LogP contribution >= 0.6 is 0 Å². The molecule has 0 atom stereocenters. The third-order valence-corrected chi connectivity index (χ3v) is 5.22. The molecule has 0 aliphatic rings. The van der Waals surface area contributed by atoms with Gasteiger partial charge in [-0.1, -0.05) is 12.1 Å². The molecule has 1 heterocycles. The summed E-state index contributed by atoms with van der Waals surface area (Å²) in [5.74, 6) is -0.101. The molecule has 1 aromatic heterocycles. The van der Waals surface area contributed by atoms with Gasteiger partial charge in [-0.25, -0.2) is 8.42 Å². The minimum Gasteiger partial charge on any atom is -0.352 e. The van der Waals surface area contributed by atoms with Crippen LogP contribution in [-0.2, 0) is 21.4 Å². The molecule has 0 unspecified atom stereocenters. The maximum Gasteiger partial charge on any atom is 0.232 e. The van der Waals surface area contributed by atoms with E-state index in [1.165, 1.54) is 10.6 Å². The summed E-state index contributed by atoms with van der Waals surface area (Å²) in [6.07, 6.45) is 5.26. The third-order valence-electron chi connectivity index (χ3n) is 4.04. The summed E-state index contributed by atoms with van der Waals surface area (Å²) in [7, 11) is -3.42. The minimum absolute atomic E-state index is 0.101. The smallest absolute Gasteiger partial charge is 0.232 e. The van der Waals surface area contributed by atoms with Gasteiger partial charge in [-0.05, 0) is 55.2 Å². The number of hydrogen-bond donors (Lipinski definition) is 1. The van der Waals surface area contributed by atoms with Gasteiger partial charge in [0.2, 0.25) is 15.9 Å². The second-order valence-corrected chi connectivity index (χ2v) is 8.27. The average molecular weight is 375 g/mol. The Morgan fingerprint density at radius 2 is 1.85 bits per heavy atom. The van der Waals surface area contributed by atoms with E-state index in [0.29, 0.717) is 18.7 Å². The lowest BCUT2D eigenvalue weighted by molar-refractivity contribution is -0.121. The van der Waals surface area contributed by atoms with Gasteiger partial charge in [0.25, 0.3) is 0 Å². The highest BCUT2D eigenvalue weighted by Crippen LogP contribution is 2.24. The standard InChI is InChI=1S/C19H25N3O3S/c1-15-6-7-16(2)18(13-15)22(26(3,24)25)12-4-5-19(23)21-14-17-8-10-20-11-9-17/h6-11,13H,4-5,12,14H2,1-3H3,(H,21,23). The maximum atomic E-state index is 12.2. The summed E-state index contributed by atoms with van der Waals surface area (Å²) in [6.45, 7) is 4.52. The third kappa shape index (κ3) is 5.84. The molecule has 7 heteroatoms. The predicted octanol–water partition coefficient (Wildman–Crippen LogP) is 2.56. The first-order valence-electron chi connectivity index (χ1n) is 8.48. The predicted molar refractivity (Wildman–Crippen MR) is 103 cm³/mol. The van der Waals surface area contributed by atoms with Crippen LogP contribution < -0.4 is 9.62 Å². The largest absolute Gasteiger partial charge is 0.352 e. The van der Waals surface area contributed by atoms with Crippen LogP contribution in [-0.4, -0.2) is 32.1 Å². The second kappa shape index (κ2) is 8.80. The lowest BCUT2D eigenvalue weighted by Gasteiger charge is -2.24. The molecular formula is C19H25N3O3S. The summed E-state index contributed by atoms with van der Waals surface area (Å²) in [5, 5.41) is 2.84. The molecule has 0 bridgehead atoms. The van der Waals surface area contributed by atoms with Gasteiger partial charge in [-0.3, -0.25) is 14.1 Å². The zero-order valence-corrected chi connectivity index (χ0v) is 16.2. The van der Waals surface area contributed by atoms with E-state index in [4.69, 9.17) is 0 Å². The van der Waals surface area contributed by atoms with E-state index >= 15 is 0 Å². The monoisotopic (exact) mass is 375 g/mol. The maximum absolute atomic E-state index is 12.2. The van der Waals surface area contributed by atoms with Gasteiger partial charge in [-0.15, -0.1) is 0 Å². The molecule has 0 radical (unpaired) electrons. The van der Waals surface area contributed by atoms with E-state index in [1.54, 1.807) is 12.4 Å². The van der Waals surface area contributed by atoms with Crippen LogP contribution in [0.15, 0.2) is 42.7 Å². The van der Waals surface area contributed by atoms with E-state index in [-0.39, 0.29) is 18.9 Å². The minimum atomic E-state index is -3.42. The number of pyridine rings is 1. The molecule has 0 spiro atoms. The van der Waals surface area contributed by atoms with E-state index in [9.17, 15) is 13.2 Å². The fourth-order valence-corrected chi connectivity index (χ4v) is 3.64. The van der Waals surface area contributed by atoms with Crippen LogP contribution in [0.2, 0.25) is 0 Å². The quantitative estimate of drug-likeness (QED) is 0.769. The number of nitrogens with zero attached hydrogens (tertiary/aromatic N) is 2. The molecular weight excluding hydrogens is 350 g/mol. The molecule has 2 rings (SSSR count).